The van der Waals surface area contributed by atoms with Gasteiger partial charge in [0.2, 0.25) is 0 Å². The Hall–Kier alpha value is 0.630. The molecule has 0 saturated carbocycles. The van der Waals surface area contributed by atoms with Gasteiger partial charge in [0.1, 0.15) is 0 Å². The molecule has 0 aromatic heterocycles. The van der Waals surface area contributed by atoms with Gasteiger partial charge < -0.3 is 29.9 Å². The van der Waals surface area contributed by atoms with Crippen LogP contribution in [0.25, 0.3) is 0 Å². The average molecular weight is 475 g/mol. The van der Waals surface area contributed by atoms with E-state index in [0.717, 1.165) is 0 Å². The van der Waals surface area contributed by atoms with E-state index < -0.39 is 12.2 Å². The smallest absolute Gasteiger partial charge is 0.853 e. The largest absolute Gasteiger partial charge is 4.00 e. The summed E-state index contributed by atoms with van der Waals surface area (Å²) in [6.07, 6.45) is -0.833. The Labute approximate surface area is 149 Å². The number of hydrogen-bond acceptors (Lipinski definition) is 6. The summed E-state index contributed by atoms with van der Waals surface area (Å²) >= 11 is 0. The first-order chi connectivity index (χ1) is 9.29. The first-order valence-electron chi connectivity index (χ1n) is 6.93. The quantitative estimate of drug-likeness (QED) is 0.334. The molecule has 0 aliphatic heterocycles. The summed E-state index contributed by atoms with van der Waals surface area (Å²) in [4.78, 5) is 0. The molecule has 21 heavy (non-hydrogen) atoms. The van der Waals surface area contributed by atoms with E-state index in [9.17, 15) is 20.4 Å². The van der Waals surface area contributed by atoms with Gasteiger partial charge in [-0.1, -0.05) is 27.7 Å². The van der Waals surface area contributed by atoms with Crippen LogP contribution in [0.3, 0.4) is 0 Å². The van der Waals surface area contributed by atoms with E-state index in [1.54, 1.807) is 27.7 Å². The molecule has 0 radical (unpaired) electrons. The molecule has 0 aromatic rings. The van der Waals surface area contributed by atoms with Crippen molar-refractivity contribution >= 4 is 0 Å². The Bertz CT molecular complexity index is 98.5. The predicted octanol–water partition coefficient (Wildman–Crippen LogP) is -1.73. The van der Waals surface area contributed by atoms with Crippen molar-refractivity contribution in [3.8, 4) is 0 Å². The van der Waals surface area contributed by atoms with E-state index in [1.807, 2.05) is 13.8 Å². The van der Waals surface area contributed by atoms with Crippen molar-refractivity contribution in [2.45, 2.75) is 53.8 Å². The molecule has 0 fully saturated rings. The van der Waals surface area contributed by atoms with Crippen molar-refractivity contribution in [1.29, 1.82) is 0 Å². The third-order valence-corrected chi connectivity index (χ3v) is 0.864. The van der Waals surface area contributed by atoms with Crippen LogP contribution in [0, 0.1) is 0 Å². The Balaban J connectivity index is -0.0000000544. The fraction of sp³-hybridized carbons (Fsp3) is 1.00. The third kappa shape index (κ3) is 163. The Morgan fingerprint density at radius 2 is 0.905 bits per heavy atom. The fourth-order valence-electron chi connectivity index (χ4n) is 0.407. The van der Waals surface area contributed by atoms with Crippen LogP contribution in [0.15, 0.2) is 0 Å². The van der Waals surface area contributed by atoms with Crippen molar-refractivity contribution in [3.63, 3.8) is 0 Å². The van der Waals surface area contributed by atoms with E-state index in [0.29, 0.717) is 26.4 Å². The van der Waals surface area contributed by atoms with Crippen LogP contribution in [0.1, 0.15) is 41.5 Å². The molecule has 0 aromatic carbocycles. The van der Waals surface area contributed by atoms with Crippen molar-refractivity contribution < 1.29 is 55.7 Å². The van der Waals surface area contributed by atoms with Crippen LogP contribution in [0.4, 0.5) is 0 Å². The zero-order valence-corrected chi connectivity index (χ0v) is 17.9. The van der Waals surface area contributed by atoms with Gasteiger partial charge in [-0.3, -0.25) is 0 Å². The van der Waals surface area contributed by atoms with Crippen LogP contribution in [0.2, 0.25) is 0 Å². The summed E-state index contributed by atoms with van der Waals surface area (Å²) in [5.74, 6) is 0. The Morgan fingerprint density at radius 3 is 0.952 bits per heavy atom. The molecular formula is C14H32HfO6. The van der Waals surface area contributed by atoms with Gasteiger partial charge in [0.05, 0.1) is 0 Å². The van der Waals surface area contributed by atoms with Crippen LogP contribution in [-0.4, -0.2) is 51.8 Å². The zero-order valence-electron chi connectivity index (χ0n) is 14.3. The van der Waals surface area contributed by atoms with Gasteiger partial charge >= 0.3 is 25.8 Å². The van der Waals surface area contributed by atoms with Crippen LogP contribution < -0.4 is 20.4 Å². The zero-order chi connectivity index (χ0) is 16.8. The first kappa shape index (κ1) is 33.3. The van der Waals surface area contributed by atoms with Crippen molar-refractivity contribution in [1.82, 2.24) is 0 Å². The minimum absolute atomic E-state index is 0. The molecule has 0 spiro atoms. The third-order valence-electron chi connectivity index (χ3n) is 0.864. The molecular weight excluding hydrogens is 443 g/mol. The van der Waals surface area contributed by atoms with Crippen LogP contribution >= 0.6 is 0 Å². The summed E-state index contributed by atoms with van der Waals surface area (Å²) in [6, 6.07) is 0. The molecule has 6 nitrogen and oxygen atoms in total. The molecule has 0 atom stereocenters. The van der Waals surface area contributed by atoms with Gasteiger partial charge in [-0.2, -0.15) is 0 Å². The second kappa shape index (κ2) is 37.1. The number of rotatable bonds is 6. The van der Waals surface area contributed by atoms with Gasteiger partial charge in [-0.05, 0) is 13.8 Å². The number of hydrogen-bond donors (Lipinski definition) is 0. The second-order valence-electron chi connectivity index (χ2n) is 3.90. The summed E-state index contributed by atoms with van der Waals surface area (Å²) in [6.45, 7) is 12.0. The fourth-order valence-corrected chi connectivity index (χ4v) is 0.407. The van der Waals surface area contributed by atoms with Crippen molar-refractivity contribution in [3.05, 3.63) is 0 Å². The maximum Gasteiger partial charge on any atom is 4.00 e. The van der Waals surface area contributed by atoms with E-state index >= 15 is 0 Å². The van der Waals surface area contributed by atoms with Gasteiger partial charge in [-0.15, -0.1) is 25.4 Å². The predicted molar refractivity (Wildman–Crippen MR) is 73.0 cm³/mol. The Morgan fingerprint density at radius 1 is 0.714 bits per heavy atom. The summed E-state index contributed by atoms with van der Waals surface area (Å²) in [5.41, 5.74) is 0. The molecule has 0 rings (SSSR count). The molecule has 0 aliphatic carbocycles. The summed E-state index contributed by atoms with van der Waals surface area (Å²) in [5, 5.41) is 38.2. The number of ether oxygens (including phenoxy) is 2. The topological polar surface area (TPSA) is 111 Å². The van der Waals surface area contributed by atoms with Crippen molar-refractivity contribution in [2.24, 2.45) is 0 Å². The van der Waals surface area contributed by atoms with Gasteiger partial charge in [0, 0.05) is 26.4 Å². The van der Waals surface area contributed by atoms with E-state index in [2.05, 4.69) is 9.47 Å². The Kier molecular flexibility index (Phi) is 58.9. The normalized spacial score (nSPS) is 8.57. The van der Waals surface area contributed by atoms with E-state index in [4.69, 9.17) is 0 Å². The summed E-state index contributed by atoms with van der Waals surface area (Å²) in [7, 11) is 0. The molecule has 0 N–H and O–H groups in total. The van der Waals surface area contributed by atoms with Crippen molar-refractivity contribution in [2.75, 3.05) is 39.6 Å². The van der Waals surface area contributed by atoms with Crippen LogP contribution in [0.5, 0.6) is 0 Å². The maximum absolute atomic E-state index is 9.56. The SMILES string of the molecule is CC(C)[O-].CC(C)[O-].CCOCC[O-].CCOCC[O-].[Hf+4]. The molecule has 0 heterocycles. The molecule has 0 aliphatic rings. The first-order valence-corrected chi connectivity index (χ1v) is 6.93. The molecule has 0 saturated heterocycles. The van der Waals surface area contributed by atoms with E-state index in [-0.39, 0.29) is 39.1 Å². The monoisotopic (exact) mass is 476 g/mol. The van der Waals surface area contributed by atoms with Crippen LogP contribution in [-0.2, 0) is 35.3 Å². The molecule has 7 heteroatoms. The molecule has 0 unspecified atom stereocenters. The average Bonchev–Trinajstić information content (AvgIpc) is 2.33. The van der Waals surface area contributed by atoms with Gasteiger partial charge in [0.15, 0.2) is 0 Å². The van der Waals surface area contributed by atoms with Gasteiger partial charge in [0.25, 0.3) is 0 Å². The standard InChI is InChI=1S/2C4H9O2.2C3H7O.Hf/c2*1-2-6-4-3-5;2*1-3(2)4;/h2*2-4H2,1H3;2*3H,1-2H3;/q4*-1;+4. The minimum atomic E-state index is -0.417. The molecule has 0 bridgehead atoms. The molecule has 128 valence electrons. The summed E-state index contributed by atoms with van der Waals surface area (Å²) < 4.78 is 9.34. The van der Waals surface area contributed by atoms with E-state index in [1.165, 1.54) is 0 Å². The molecule has 0 amide bonds. The second-order valence-corrected chi connectivity index (χ2v) is 3.90. The van der Waals surface area contributed by atoms with Gasteiger partial charge in [-0.25, -0.2) is 0 Å². The minimum Gasteiger partial charge on any atom is -0.853 e. The maximum atomic E-state index is 9.56.